The van der Waals surface area contributed by atoms with Crippen molar-refractivity contribution in [2.24, 2.45) is 0 Å². The third kappa shape index (κ3) is 2.99. The van der Waals surface area contributed by atoms with Crippen molar-refractivity contribution in [2.75, 3.05) is 26.3 Å². The lowest BCUT2D eigenvalue weighted by atomic mass is 9.85. The zero-order valence-corrected chi connectivity index (χ0v) is 14.2. The number of rotatable bonds is 2. The first-order valence-corrected chi connectivity index (χ1v) is 8.59. The molecule has 136 valence electrons. The summed E-state index contributed by atoms with van der Waals surface area (Å²) in [5.41, 5.74) is -0.610. The molecule has 3 heterocycles. The van der Waals surface area contributed by atoms with Gasteiger partial charge in [-0.15, -0.1) is 0 Å². The van der Waals surface area contributed by atoms with Crippen molar-refractivity contribution in [1.82, 2.24) is 9.88 Å². The monoisotopic (exact) mass is 358 g/mol. The Hall–Kier alpha value is -2.67. The fourth-order valence-electron chi connectivity index (χ4n) is 3.44. The average molecular weight is 358 g/mol. The Morgan fingerprint density at radius 3 is 2.62 bits per heavy atom. The molecule has 2 aliphatic rings. The number of amides is 1. The zero-order chi connectivity index (χ0) is 18.1. The van der Waals surface area contributed by atoms with Crippen molar-refractivity contribution in [3.05, 3.63) is 53.6 Å². The molecule has 2 aliphatic heterocycles. The number of ether oxygens (including phenoxy) is 2. The highest BCUT2D eigenvalue weighted by molar-refractivity contribution is 5.95. The van der Waals surface area contributed by atoms with E-state index in [-0.39, 0.29) is 24.3 Å². The van der Waals surface area contributed by atoms with Gasteiger partial charge in [0, 0.05) is 30.4 Å². The number of halogens is 1. The lowest BCUT2D eigenvalue weighted by Gasteiger charge is -2.38. The van der Waals surface area contributed by atoms with Gasteiger partial charge in [0.15, 0.2) is 11.5 Å². The van der Waals surface area contributed by atoms with Crippen LogP contribution in [0.5, 0.6) is 11.5 Å². The van der Waals surface area contributed by atoms with Crippen LogP contribution in [-0.4, -0.2) is 47.2 Å². The lowest BCUT2D eigenvalue weighted by molar-refractivity contribution is -0.0241. The molecule has 0 radical (unpaired) electrons. The Morgan fingerprint density at radius 2 is 1.88 bits per heavy atom. The molecule has 1 aromatic carbocycles. The second kappa shape index (κ2) is 6.57. The number of likely N-dealkylation sites (tertiary alicyclic amines) is 1. The molecule has 0 bridgehead atoms. The third-order valence-corrected chi connectivity index (χ3v) is 4.93. The van der Waals surface area contributed by atoms with Gasteiger partial charge in [-0.2, -0.15) is 4.39 Å². The predicted molar refractivity (Wildman–Crippen MR) is 90.7 cm³/mol. The summed E-state index contributed by atoms with van der Waals surface area (Å²) in [5.74, 6) is 0.387. The molecule has 1 amide bonds. The van der Waals surface area contributed by atoms with Crippen LogP contribution in [0.1, 0.15) is 28.8 Å². The number of fused-ring (bicyclic) bond motifs is 1. The van der Waals surface area contributed by atoms with Crippen LogP contribution in [0.2, 0.25) is 0 Å². The van der Waals surface area contributed by atoms with E-state index in [0.717, 1.165) is 0 Å². The molecule has 1 N–H and O–H groups in total. The van der Waals surface area contributed by atoms with Crippen molar-refractivity contribution in [1.29, 1.82) is 0 Å². The van der Waals surface area contributed by atoms with E-state index in [0.29, 0.717) is 43.4 Å². The molecule has 26 heavy (non-hydrogen) atoms. The molecule has 0 aliphatic carbocycles. The summed E-state index contributed by atoms with van der Waals surface area (Å²) in [6, 6.07) is 8.26. The summed E-state index contributed by atoms with van der Waals surface area (Å²) in [6.45, 7) is 1.62. The molecule has 0 unspecified atom stereocenters. The average Bonchev–Trinajstić information content (AvgIpc) is 2.68. The molecule has 0 saturated carbocycles. The van der Waals surface area contributed by atoms with E-state index in [9.17, 15) is 14.3 Å². The van der Waals surface area contributed by atoms with Crippen LogP contribution < -0.4 is 9.47 Å². The Balaban J connectivity index is 1.48. The summed E-state index contributed by atoms with van der Waals surface area (Å²) in [4.78, 5) is 18.0. The SMILES string of the molecule is O=C(c1ccc2c(c1)OCCO2)N1CCC(O)(c2cccnc2F)CC1. The number of carbonyl (C=O) groups excluding carboxylic acids is 1. The molecule has 1 fully saturated rings. The van der Waals surface area contributed by atoms with E-state index in [1.54, 1.807) is 35.2 Å². The molecule has 4 rings (SSSR count). The van der Waals surface area contributed by atoms with Gasteiger partial charge >= 0.3 is 0 Å². The summed E-state index contributed by atoms with van der Waals surface area (Å²) in [6.07, 6.45) is 1.86. The number of aliphatic hydroxyl groups is 1. The van der Waals surface area contributed by atoms with Crippen LogP contribution in [0.15, 0.2) is 36.5 Å². The molecule has 7 heteroatoms. The number of benzene rings is 1. The van der Waals surface area contributed by atoms with E-state index in [1.165, 1.54) is 6.20 Å². The quantitative estimate of drug-likeness (QED) is 0.833. The van der Waals surface area contributed by atoms with Crippen LogP contribution in [0, 0.1) is 5.95 Å². The minimum atomic E-state index is -1.30. The first-order chi connectivity index (χ1) is 12.6. The number of nitrogens with zero attached hydrogens (tertiary/aromatic N) is 2. The Bertz CT molecular complexity index is 834. The van der Waals surface area contributed by atoms with Gasteiger partial charge in [-0.25, -0.2) is 4.98 Å². The van der Waals surface area contributed by atoms with Gasteiger partial charge < -0.3 is 19.5 Å². The maximum absolute atomic E-state index is 13.9. The fraction of sp³-hybridized carbons (Fsp3) is 0.368. The third-order valence-electron chi connectivity index (χ3n) is 4.93. The molecule has 1 saturated heterocycles. The lowest BCUT2D eigenvalue weighted by Crippen LogP contribution is -2.45. The Kier molecular flexibility index (Phi) is 4.24. The predicted octanol–water partition coefficient (Wildman–Crippen LogP) is 2.12. The van der Waals surface area contributed by atoms with Crippen molar-refractivity contribution in [3.63, 3.8) is 0 Å². The number of piperidine rings is 1. The first kappa shape index (κ1) is 16.8. The number of carbonyl (C=O) groups is 1. The Morgan fingerprint density at radius 1 is 1.15 bits per heavy atom. The van der Waals surface area contributed by atoms with Crippen molar-refractivity contribution >= 4 is 5.91 Å². The summed E-state index contributed by atoms with van der Waals surface area (Å²) < 4.78 is 24.9. The highest BCUT2D eigenvalue weighted by Gasteiger charge is 2.38. The van der Waals surface area contributed by atoms with E-state index in [4.69, 9.17) is 9.47 Å². The highest BCUT2D eigenvalue weighted by atomic mass is 19.1. The van der Waals surface area contributed by atoms with Gasteiger partial charge in [0.05, 0.1) is 5.60 Å². The second-order valence-corrected chi connectivity index (χ2v) is 6.52. The molecule has 6 nitrogen and oxygen atoms in total. The maximum Gasteiger partial charge on any atom is 0.253 e. The van der Waals surface area contributed by atoms with Crippen molar-refractivity contribution in [3.8, 4) is 11.5 Å². The van der Waals surface area contributed by atoms with Crippen molar-refractivity contribution in [2.45, 2.75) is 18.4 Å². The van der Waals surface area contributed by atoms with Crippen LogP contribution in [-0.2, 0) is 5.60 Å². The normalized spacial score (nSPS) is 18.5. The number of hydrogen-bond acceptors (Lipinski definition) is 5. The minimum Gasteiger partial charge on any atom is -0.486 e. The fourth-order valence-corrected chi connectivity index (χ4v) is 3.44. The van der Waals surface area contributed by atoms with E-state index >= 15 is 0 Å². The second-order valence-electron chi connectivity index (χ2n) is 6.52. The number of aromatic nitrogens is 1. The summed E-state index contributed by atoms with van der Waals surface area (Å²) in [7, 11) is 0. The zero-order valence-electron chi connectivity index (χ0n) is 14.2. The largest absolute Gasteiger partial charge is 0.486 e. The molecular weight excluding hydrogens is 339 g/mol. The molecule has 0 atom stereocenters. The minimum absolute atomic E-state index is 0.143. The van der Waals surface area contributed by atoms with Crippen LogP contribution >= 0.6 is 0 Å². The van der Waals surface area contributed by atoms with Gasteiger partial charge in [-0.1, -0.05) is 6.07 Å². The van der Waals surface area contributed by atoms with E-state index < -0.39 is 11.5 Å². The Labute approximate surface area is 150 Å². The summed E-state index contributed by atoms with van der Waals surface area (Å²) in [5, 5.41) is 10.8. The smallest absolute Gasteiger partial charge is 0.253 e. The van der Waals surface area contributed by atoms with E-state index in [1.807, 2.05) is 0 Å². The van der Waals surface area contributed by atoms with Gasteiger partial charge in [-0.05, 0) is 37.1 Å². The number of pyridine rings is 1. The number of hydrogen-bond donors (Lipinski definition) is 1. The summed E-state index contributed by atoms with van der Waals surface area (Å²) >= 11 is 0. The maximum atomic E-state index is 13.9. The van der Waals surface area contributed by atoms with Crippen molar-refractivity contribution < 1.29 is 23.8 Å². The van der Waals surface area contributed by atoms with Gasteiger partial charge in [0.2, 0.25) is 5.95 Å². The topological polar surface area (TPSA) is 71.9 Å². The van der Waals surface area contributed by atoms with E-state index in [2.05, 4.69) is 4.98 Å². The standard InChI is InChI=1S/C19H19FN2O4/c20-17-14(2-1-7-21-17)19(24)5-8-22(9-6-19)18(23)13-3-4-15-16(12-13)26-11-10-25-15/h1-4,7,12,24H,5-6,8-11H2. The first-order valence-electron chi connectivity index (χ1n) is 8.59. The van der Waals surface area contributed by atoms with Crippen LogP contribution in [0.4, 0.5) is 4.39 Å². The van der Waals surface area contributed by atoms with Gasteiger partial charge in [0.25, 0.3) is 5.91 Å². The van der Waals surface area contributed by atoms with Crippen LogP contribution in [0.25, 0.3) is 0 Å². The van der Waals surface area contributed by atoms with Crippen LogP contribution in [0.3, 0.4) is 0 Å². The molecule has 2 aromatic rings. The van der Waals surface area contributed by atoms with Gasteiger partial charge in [-0.3, -0.25) is 4.79 Å². The molecular formula is C19H19FN2O4. The molecule has 0 spiro atoms. The molecule has 1 aromatic heterocycles. The van der Waals surface area contributed by atoms with Gasteiger partial charge in [0.1, 0.15) is 13.2 Å². The highest BCUT2D eigenvalue weighted by Crippen LogP contribution is 2.35.